The standard InChI is InChI=1S/C90H110I8O21/c91-49-69-1-17-77(18-2-69)107-41-33-99-57-85(58-100-34-42-108-78-19-3-70(50-92)4-20-78)115-65-89(66-116-86(59-101-35-43-109-79-21-5-71(51-93)6-22-79)60-102-36-44-110-80-23-7-72(52-94)8-24-80)119-90(67-117-87(61-103-37-45-111-81-25-9-73(53-95)10-26-81)62-104-38-46-112-82-27-11-74(54-96)12-28-82)68-118-88(63-105-39-47-113-83-29-13-75(55-97)14-30-83)64-106-40-48-114-84-31-15-76(56-98)16-32-84/h1-32,85-90H,33-68H2. The van der Waals surface area contributed by atoms with E-state index in [-0.39, 0.29) is 132 Å². The summed E-state index contributed by atoms with van der Waals surface area (Å²) in [4.78, 5) is 0. The van der Waals surface area contributed by atoms with Crippen molar-refractivity contribution < 1.29 is 99.5 Å². The quantitative estimate of drug-likeness (QED) is 0.0198. The molecule has 21 nitrogen and oxygen atoms in total. The van der Waals surface area contributed by atoms with Gasteiger partial charge in [-0.05, 0) is 142 Å². The Morgan fingerprint density at radius 1 is 0.151 bits per heavy atom. The molecule has 0 spiro atoms. The molecule has 8 rings (SSSR count). The van der Waals surface area contributed by atoms with Crippen molar-refractivity contribution >= 4 is 181 Å². The Morgan fingerprint density at radius 3 is 0.395 bits per heavy atom. The van der Waals surface area contributed by atoms with Crippen molar-refractivity contribution in [2.45, 2.75) is 72.0 Å². The molecule has 0 aliphatic heterocycles. The molecule has 0 radical (unpaired) electrons. The predicted molar refractivity (Wildman–Crippen MR) is 531 cm³/mol. The van der Waals surface area contributed by atoms with Gasteiger partial charge in [-0.15, -0.1) is 0 Å². The van der Waals surface area contributed by atoms with E-state index in [0.717, 1.165) is 81.4 Å². The van der Waals surface area contributed by atoms with Crippen molar-refractivity contribution in [2.75, 3.05) is 185 Å². The minimum Gasteiger partial charge on any atom is -0.491 e. The number of hydrogen-bond acceptors (Lipinski definition) is 21. The highest BCUT2D eigenvalue weighted by Gasteiger charge is 2.27. The Kier molecular flexibility index (Phi) is 55.7. The van der Waals surface area contributed by atoms with E-state index in [1.807, 2.05) is 97.1 Å². The summed E-state index contributed by atoms with van der Waals surface area (Å²) >= 11 is 18.8. The van der Waals surface area contributed by atoms with Crippen LogP contribution in [0.15, 0.2) is 194 Å². The van der Waals surface area contributed by atoms with E-state index in [2.05, 4.69) is 278 Å². The van der Waals surface area contributed by atoms with E-state index >= 15 is 0 Å². The maximum atomic E-state index is 7.33. The van der Waals surface area contributed by atoms with E-state index in [1.54, 1.807) is 0 Å². The van der Waals surface area contributed by atoms with E-state index in [9.17, 15) is 0 Å². The van der Waals surface area contributed by atoms with Gasteiger partial charge in [0.05, 0.1) is 132 Å². The lowest BCUT2D eigenvalue weighted by atomic mass is 10.2. The highest BCUT2D eigenvalue weighted by atomic mass is 127. The fourth-order valence-electron chi connectivity index (χ4n) is 10.9. The minimum absolute atomic E-state index is 0.00941. The third kappa shape index (κ3) is 45.2. The monoisotopic (exact) mass is 2540 g/mol. The van der Waals surface area contributed by atoms with Crippen molar-refractivity contribution in [1.29, 1.82) is 0 Å². The van der Waals surface area contributed by atoms with Crippen LogP contribution in [0.5, 0.6) is 46.0 Å². The van der Waals surface area contributed by atoms with Gasteiger partial charge in [-0.1, -0.05) is 278 Å². The zero-order valence-corrected chi connectivity index (χ0v) is 84.3. The molecule has 0 heterocycles. The van der Waals surface area contributed by atoms with E-state index in [1.165, 1.54) is 44.5 Å². The molecule has 0 saturated heterocycles. The molecular weight excluding hydrogens is 2430 g/mol. The van der Waals surface area contributed by atoms with Gasteiger partial charge in [-0.25, -0.2) is 0 Å². The summed E-state index contributed by atoms with van der Waals surface area (Å²) < 4.78 is 142. The van der Waals surface area contributed by atoms with Crippen LogP contribution in [-0.4, -0.2) is 222 Å². The van der Waals surface area contributed by atoms with Gasteiger partial charge in [0, 0.05) is 35.4 Å². The molecule has 0 bridgehead atoms. The van der Waals surface area contributed by atoms with Crippen LogP contribution >= 0.6 is 181 Å². The second kappa shape index (κ2) is 65.1. The average molecular weight is 2540 g/mol. The second-order valence-electron chi connectivity index (χ2n) is 26.8. The van der Waals surface area contributed by atoms with Crippen molar-refractivity contribution in [2.24, 2.45) is 0 Å². The Morgan fingerprint density at radius 2 is 0.277 bits per heavy atom. The summed E-state index contributed by atoms with van der Waals surface area (Å²) in [7, 11) is 0. The fourth-order valence-corrected chi connectivity index (χ4v) is 15.0. The molecule has 29 heteroatoms. The smallest absolute Gasteiger partial charge is 0.119 e. The summed E-state index contributed by atoms with van der Waals surface area (Å²) in [6.45, 7) is 5.86. The minimum atomic E-state index is -0.808. The number of benzene rings is 8. The van der Waals surface area contributed by atoms with E-state index in [0.29, 0.717) is 52.9 Å². The highest BCUT2D eigenvalue weighted by molar-refractivity contribution is 14.1. The molecule has 0 aliphatic rings. The van der Waals surface area contributed by atoms with Gasteiger partial charge in [-0.3, -0.25) is 0 Å². The average Bonchev–Trinajstić information content (AvgIpc) is 0.857. The predicted octanol–water partition coefficient (Wildman–Crippen LogP) is 19.5. The maximum Gasteiger partial charge on any atom is 0.119 e. The van der Waals surface area contributed by atoms with Gasteiger partial charge < -0.3 is 99.5 Å². The molecular formula is C90H110I8O21. The van der Waals surface area contributed by atoms with Crippen molar-refractivity contribution in [3.63, 3.8) is 0 Å². The first-order chi connectivity index (χ1) is 58.6. The van der Waals surface area contributed by atoms with Gasteiger partial charge in [0.25, 0.3) is 0 Å². The second-order valence-corrected chi connectivity index (χ2v) is 32.9. The first-order valence-electron chi connectivity index (χ1n) is 39.6. The van der Waals surface area contributed by atoms with Crippen LogP contribution in [0.4, 0.5) is 0 Å². The van der Waals surface area contributed by atoms with Crippen LogP contribution in [-0.2, 0) is 97.0 Å². The zero-order chi connectivity index (χ0) is 83.6. The first kappa shape index (κ1) is 102. The normalized spacial score (nSPS) is 11.6. The molecule has 652 valence electrons. The molecule has 0 fully saturated rings. The SMILES string of the molecule is ICc1ccc(OCCOCC(COCCOc2ccc(CI)cc2)OCC(COC(COCCOc2ccc(CI)cc2)COCCOc2ccc(CI)cc2)OC(COC(COCCOc2ccc(CI)cc2)COCCOc2ccc(CI)cc2)COC(COCCOc2ccc(CI)cc2)COCCOc2ccc(CI)cc2)cc1. The van der Waals surface area contributed by atoms with Crippen LogP contribution < -0.4 is 37.9 Å². The molecule has 0 N–H and O–H groups in total. The molecule has 0 aliphatic carbocycles. The molecule has 119 heavy (non-hydrogen) atoms. The van der Waals surface area contributed by atoms with Gasteiger partial charge in [0.15, 0.2) is 0 Å². The maximum absolute atomic E-state index is 7.33. The molecule has 0 unspecified atom stereocenters. The van der Waals surface area contributed by atoms with Gasteiger partial charge in [0.2, 0.25) is 0 Å². The Balaban J connectivity index is 1.06. The molecule has 8 aromatic rings. The molecule has 0 atom stereocenters. The van der Waals surface area contributed by atoms with E-state index < -0.39 is 36.6 Å². The van der Waals surface area contributed by atoms with Crippen molar-refractivity contribution in [3.05, 3.63) is 239 Å². The largest absolute Gasteiger partial charge is 0.491 e. The molecule has 0 saturated carbocycles. The van der Waals surface area contributed by atoms with Crippen LogP contribution in [0.1, 0.15) is 44.5 Å². The Hall–Kier alpha value is -2.52. The van der Waals surface area contributed by atoms with Crippen molar-refractivity contribution in [3.8, 4) is 46.0 Å². The van der Waals surface area contributed by atoms with Gasteiger partial charge in [0.1, 0.15) is 135 Å². The summed E-state index contributed by atoms with van der Waals surface area (Å²) in [6.07, 6.45) is -4.04. The van der Waals surface area contributed by atoms with Crippen molar-refractivity contribution in [1.82, 2.24) is 0 Å². The molecule has 8 aromatic carbocycles. The number of hydrogen-bond donors (Lipinski definition) is 0. The summed E-state index contributed by atoms with van der Waals surface area (Å²) in [6, 6.07) is 64.6. The van der Waals surface area contributed by atoms with Crippen LogP contribution in [0.3, 0.4) is 0 Å². The van der Waals surface area contributed by atoms with Crippen LogP contribution in [0.2, 0.25) is 0 Å². The zero-order valence-electron chi connectivity index (χ0n) is 67.0. The lowest BCUT2D eigenvalue weighted by Crippen LogP contribution is -2.42. The summed E-state index contributed by atoms with van der Waals surface area (Å²) in [5.74, 6) is 6.02. The fraction of sp³-hybridized carbons (Fsp3) is 0.467. The molecule has 0 aromatic heterocycles. The Bertz CT molecular complexity index is 3090. The highest BCUT2D eigenvalue weighted by Crippen LogP contribution is 2.23. The summed E-state index contributed by atoms with van der Waals surface area (Å²) in [5, 5.41) is 0. The van der Waals surface area contributed by atoms with E-state index in [4.69, 9.17) is 99.5 Å². The lowest BCUT2D eigenvalue weighted by Gasteiger charge is -2.30. The third-order valence-electron chi connectivity index (χ3n) is 17.5. The topological polar surface area (TPSA) is 194 Å². The third-order valence-corrected chi connectivity index (χ3v) is 24.5. The first-order valence-corrected chi connectivity index (χ1v) is 51.8. The van der Waals surface area contributed by atoms with Crippen LogP contribution in [0, 0.1) is 0 Å². The van der Waals surface area contributed by atoms with Crippen LogP contribution in [0.25, 0.3) is 0 Å². The number of halogens is 8. The number of rotatable bonds is 70. The summed E-state index contributed by atoms with van der Waals surface area (Å²) in [5.41, 5.74) is 9.69. The lowest BCUT2D eigenvalue weighted by molar-refractivity contribution is -0.178. The van der Waals surface area contributed by atoms with Gasteiger partial charge >= 0.3 is 0 Å². The molecule has 0 amide bonds. The van der Waals surface area contributed by atoms with Gasteiger partial charge in [-0.2, -0.15) is 0 Å². The Labute approximate surface area is 812 Å². The number of ether oxygens (including phenoxy) is 21. The number of alkyl halides is 8.